The van der Waals surface area contributed by atoms with Crippen molar-refractivity contribution in [2.24, 2.45) is 0 Å². The third-order valence-electron chi connectivity index (χ3n) is 3.91. The van der Waals surface area contributed by atoms with E-state index in [1.54, 1.807) is 11.3 Å². The number of aromatic nitrogens is 1. The molecule has 1 aliphatic carbocycles. The zero-order chi connectivity index (χ0) is 15.0. The van der Waals surface area contributed by atoms with Crippen LogP contribution in [0.5, 0.6) is 0 Å². The summed E-state index contributed by atoms with van der Waals surface area (Å²) in [6.07, 6.45) is 3.40. The third kappa shape index (κ3) is 2.99. The van der Waals surface area contributed by atoms with Crippen LogP contribution in [0.2, 0.25) is 0 Å². The first-order chi connectivity index (χ1) is 10.0. The fourth-order valence-electron chi connectivity index (χ4n) is 2.78. The van der Waals surface area contributed by atoms with E-state index < -0.39 is 11.6 Å². The molecule has 5 heteroatoms. The van der Waals surface area contributed by atoms with E-state index in [0.29, 0.717) is 5.56 Å². The van der Waals surface area contributed by atoms with Crippen molar-refractivity contribution in [2.45, 2.75) is 45.2 Å². The Bertz CT molecular complexity index is 632. The number of fused-ring (bicyclic) bond motifs is 1. The molecule has 0 saturated heterocycles. The van der Waals surface area contributed by atoms with E-state index in [1.165, 1.54) is 29.1 Å². The molecule has 0 saturated carbocycles. The fourth-order valence-corrected chi connectivity index (χ4v) is 3.95. The Balaban J connectivity index is 1.72. The number of thiazole rings is 1. The number of halogens is 2. The zero-order valence-corrected chi connectivity index (χ0v) is 12.9. The molecular weight excluding hydrogens is 290 g/mol. The Morgan fingerprint density at radius 2 is 2.00 bits per heavy atom. The summed E-state index contributed by atoms with van der Waals surface area (Å²) in [5, 5.41) is 4.40. The first-order valence-corrected chi connectivity index (χ1v) is 8.05. The summed E-state index contributed by atoms with van der Waals surface area (Å²) in [6, 6.07) is 3.58. The van der Waals surface area contributed by atoms with Crippen molar-refractivity contribution in [3.05, 3.63) is 51.0 Å². The maximum atomic E-state index is 13.8. The van der Waals surface area contributed by atoms with Crippen molar-refractivity contribution in [3.63, 3.8) is 0 Å². The highest BCUT2D eigenvalue weighted by Gasteiger charge is 2.21. The predicted molar refractivity (Wildman–Crippen MR) is 80.5 cm³/mol. The number of benzene rings is 1. The second-order valence-electron chi connectivity index (χ2n) is 5.55. The Morgan fingerprint density at radius 1 is 1.19 bits per heavy atom. The smallest absolute Gasteiger partial charge is 0.130 e. The van der Waals surface area contributed by atoms with Crippen molar-refractivity contribution in [1.29, 1.82) is 0 Å². The maximum Gasteiger partial charge on any atom is 0.130 e. The highest BCUT2D eigenvalue weighted by Crippen LogP contribution is 2.31. The largest absolute Gasteiger partial charge is 0.301 e. The van der Waals surface area contributed by atoms with Gasteiger partial charge >= 0.3 is 0 Å². The Labute approximate surface area is 127 Å². The van der Waals surface area contributed by atoms with Crippen molar-refractivity contribution in [1.82, 2.24) is 10.3 Å². The van der Waals surface area contributed by atoms with Gasteiger partial charge in [-0.05, 0) is 39.2 Å². The lowest BCUT2D eigenvalue weighted by Gasteiger charge is -2.19. The molecule has 0 bridgehead atoms. The van der Waals surface area contributed by atoms with Gasteiger partial charge in [0.15, 0.2) is 0 Å². The molecule has 2 aromatic rings. The van der Waals surface area contributed by atoms with E-state index in [9.17, 15) is 8.78 Å². The van der Waals surface area contributed by atoms with E-state index in [1.807, 2.05) is 13.8 Å². The number of nitrogens with zero attached hydrogens (tertiary/aromatic N) is 1. The van der Waals surface area contributed by atoms with Gasteiger partial charge in [0, 0.05) is 22.5 Å². The quantitative estimate of drug-likeness (QED) is 0.910. The second kappa shape index (κ2) is 5.81. The molecule has 21 heavy (non-hydrogen) atoms. The molecule has 0 spiro atoms. The number of rotatable bonds is 4. The van der Waals surface area contributed by atoms with Crippen LogP contribution in [-0.2, 0) is 12.8 Å². The molecule has 0 fully saturated rings. The highest BCUT2D eigenvalue weighted by atomic mass is 32.1. The van der Waals surface area contributed by atoms with Crippen molar-refractivity contribution in [3.8, 4) is 0 Å². The molecule has 2 atom stereocenters. The second-order valence-corrected chi connectivity index (χ2v) is 6.67. The van der Waals surface area contributed by atoms with Gasteiger partial charge in [0.25, 0.3) is 0 Å². The van der Waals surface area contributed by atoms with E-state index >= 15 is 0 Å². The summed E-state index contributed by atoms with van der Waals surface area (Å²) in [4.78, 5) is 6.06. The molecule has 1 aliphatic rings. The molecule has 1 N–H and O–H groups in total. The van der Waals surface area contributed by atoms with Gasteiger partial charge in [-0.2, -0.15) is 0 Å². The van der Waals surface area contributed by atoms with Crippen LogP contribution in [0.25, 0.3) is 0 Å². The predicted octanol–water partition coefficient (Wildman–Crippen LogP) is 4.32. The summed E-state index contributed by atoms with van der Waals surface area (Å²) in [5.41, 5.74) is 1.71. The molecule has 2 nitrogen and oxygen atoms in total. The van der Waals surface area contributed by atoms with Crippen LogP contribution in [0.15, 0.2) is 18.2 Å². The third-order valence-corrected chi connectivity index (χ3v) is 5.25. The van der Waals surface area contributed by atoms with Crippen LogP contribution in [0.3, 0.4) is 0 Å². The Hall–Kier alpha value is -1.33. The number of hydrogen-bond donors (Lipinski definition) is 1. The van der Waals surface area contributed by atoms with Crippen LogP contribution in [-0.4, -0.2) is 4.98 Å². The lowest BCUT2D eigenvalue weighted by Crippen LogP contribution is -2.23. The van der Waals surface area contributed by atoms with E-state index in [2.05, 4.69) is 10.3 Å². The maximum absolute atomic E-state index is 13.8. The highest BCUT2D eigenvalue weighted by molar-refractivity contribution is 7.11. The molecule has 1 aromatic carbocycles. The van der Waals surface area contributed by atoms with Gasteiger partial charge in [0.2, 0.25) is 0 Å². The molecule has 1 heterocycles. The van der Waals surface area contributed by atoms with Crippen LogP contribution in [0, 0.1) is 11.6 Å². The molecule has 0 radical (unpaired) electrons. The van der Waals surface area contributed by atoms with E-state index in [-0.39, 0.29) is 12.1 Å². The summed E-state index contributed by atoms with van der Waals surface area (Å²) in [5.74, 6) is -1.06. The Kier molecular flexibility index (Phi) is 4.04. The lowest BCUT2D eigenvalue weighted by molar-refractivity contribution is 0.469. The molecule has 0 amide bonds. The van der Waals surface area contributed by atoms with Gasteiger partial charge in [-0.1, -0.05) is 6.07 Å². The van der Waals surface area contributed by atoms with Gasteiger partial charge in [-0.15, -0.1) is 11.3 Å². The summed E-state index contributed by atoms with van der Waals surface area (Å²) in [7, 11) is 0. The van der Waals surface area contributed by atoms with Crippen LogP contribution in [0.1, 0.15) is 53.5 Å². The van der Waals surface area contributed by atoms with Gasteiger partial charge in [-0.25, -0.2) is 13.8 Å². The van der Waals surface area contributed by atoms with Gasteiger partial charge in [-0.3, -0.25) is 0 Å². The van der Waals surface area contributed by atoms with Gasteiger partial charge in [0.1, 0.15) is 16.6 Å². The summed E-state index contributed by atoms with van der Waals surface area (Å²) >= 11 is 1.75. The lowest BCUT2D eigenvalue weighted by atomic mass is 10.1. The minimum absolute atomic E-state index is 0.0556. The Morgan fingerprint density at radius 3 is 2.71 bits per heavy atom. The van der Waals surface area contributed by atoms with Gasteiger partial charge < -0.3 is 5.32 Å². The van der Waals surface area contributed by atoms with Gasteiger partial charge in [0.05, 0.1) is 11.7 Å². The van der Waals surface area contributed by atoms with E-state index in [0.717, 1.165) is 23.9 Å². The van der Waals surface area contributed by atoms with Crippen molar-refractivity contribution >= 4 is 11.3 Å². The van der Waals surface area contributed by atoms with Crippen LogP contribution < -0.4 is 5.32 Å². The first-order valence-electron chi connectivity index (χ1n) is 7.24. The molecule has 0 aliphatic heterocycles. The average molecular weight is 308 g/mol. The monoisotopic (exact) mass is 308 g/mol. The minimum atomic E-state index is -0.548. The number of hydrogen-bond acceptors (Lipinski definition) is 3. The molecule has 3 rings (SSSR count). The number of aryl methyl sites for hydroxylation is 2. The number of nitrogens with one attached hydrogen (secondary N) is 1. The zero-order valence-electron chi connectivity index (χ0n) is 12.1. The average Bonchev–Trinajstić information content (AvgIpc) is 2.98. The molecule has 1 aromatic heterocycles. The normalized spacial score (nSPS) is 16.8. The summed E-state index contributed by atoms with van der Waals surface area (Å²) in [6.45, 7) is 3.92. The molecular formula is C16H18F2N2S. The van der Waals surface area contributed by atoms with Crippen molar-refractivity contribution in [2.75, 3.05) is 0 Å². The topological polar surface area (TPSA) is 24.9 Å². The standard InChI is InChI=1S/C16H18F2N2S/c1-9(12-7-6-11(17)8-13(12)18)19-10(2)16-20-14-4-3-5-15(14)21-16/h6-10,19H,3-5H2,1-2H3/t9-,10+/m0/s1. The molecule has 112 valence electrons. The van der Waals surface area contributed by atoms with E-state index in [4.69, 9.17) is 0 Å². The van der Waals surface area contributed by atoms with Crippen LogP contribution >= 0.6 is 11.3 Å². The SMILES string of the molecule is C[C@H](N[C@H](C)c1nc2c(s1)CCC2)c1ccc(F)cc1F. The minimum Gasteiger partial charge on any atom is -0.301 e. The van der Waals surface area contributed by atoms with Crippen LogP contribution in [0.4, 0.5) is 8.78 Å². The fraction of sp³-hybridized carbons (Fsp3) is 0.438. The van der Waals surface area contributed by atoms with Crippen molar-refractivity contribution < 1.29 is 8.78 Å². The summed E-state index contributed by atoms with van der Waals surface area (Å²) < 4.78 is 26.8. The first kappa shape index (κ1) is 14.6. The molecule has 0 unspecified atom stereocenters.